The summed E-state index contributed by atoms with van der Waals surface area (Å²) in [7, 11) is 0. The van der Waals surface area contributed by atoms with Crippen molar-refractivity contribution in [2.75, 3.05) is 11.4 Å². The van der Waals surface area contributed by atoms with E-state index in [9.17, 15) is 24.6 Å². The fourth-order valence-electron chi connectivity index (χ4n) is 3.04. The third kappa shape index (κ3) is 5.92. The Morgan fingerprint density at radius 3 is 2.21 bits per heavy atom. The van der Waals surface area contributed by atoms with Crippen LogP contribution in [0.4, 0.5) is 32.8 Å². The normalized spacial score (nSPS) is 10.7. The van der Waals surface area contributed by atoms with Crippen LogP contribution in [0, 0.1) is 37.4 Å². The second-order valence-corrected chi connectivity index (χ2v) is 6.84. The molecule has 0 N–H and O–H groups in total. The molecule has 0 aliphatic rings. The smallest absolute Gasteiger partial charge is 0.311 e. The zero-order valence-electron chi connectivity index (χ0n) is 17.2. The lowest BCUT2D eigenvalue weighted by Crippen LogP contribution is -2.23. The van der Waals surface area contributed by atoms with Crippen molar-refractivity contribution in [2.24, 2.45) is 10.2 Å². The highest BCUT2D eigenvalue weighted by atomic mass is 19.1. The van der Waals surface area contributed by atoms with Gasteiger partial charge in [-0.2, -0.15) is 14.8 Å². The molecule has 0 saturated carbocycles. The summed E-state index contributed by atoms with van der Waals surface area (Å²) in [6.45, 7) is 1.11. The number of nitrogens with zero attached hydrogens (tertiary/aromatic N) is 6. The van der Waals surface area contributed by atoms with Crippen LogP contribution in [0.25, 0.3) is 0 Å². The van der Waals surface area contributed by atoms with Crippen LogP contribution in [0.1, 0.15) is 12.0 Å². The molecule has 0 fully saturated rings. The maximum Gasteiger partial charge on any atom is 0.311 e. The lowest BCUT2D eigenvalue weighted by molar-refractivity contribution is -0.395. The minimum absolute atomic E-state index is 0.337. The predicted octanol–water partition coefficient (Wildman–Crippen LogP) is 5.98. The molecule has 0 aliphatic carbocycles. The van der Waals surface area contributed by atoms with Gasteiger partial charge in [-0.25, -0.2) is 0 Å². The lowest BCUT2D eigenvalue weighted by atomic mass is 10.2. The molecule has 0 atom stereocenters. The van der Waals surface area contributed by atoms with Crippen molar-refractivity contribution in [3.05, 3.63) is 98.3 Å². The van der Waals surface area contributed by atoms with Crippen molar-refractivity contribution >= 4 is 28.4 Å². The molecule has 11 heteroatoms. The highest BCUT2D eigenvalue weighted by Crippen LogP contribution is 2.35. The van der Waals surface area contributed by atoms with E-state index in [-0.39, 0.29) is 0 Å². The second kappa shape index (κ2) is 10.5. The summed E-state index contributed by atoms with van der Waals surface area (Å²) in [6.07, 6.45) is 0.337. The average molecular weight is 448 g/mol. The summed E-state index contributed by atoms with van der Waals surface area (Å²) < 4.78 is 13.9. The zero-order valence-corrected chi connectivity index (χ0v) is 17.2. The van der Waals surface area contributed by atoms with E-state index in [1.54, 1.807) is 24.3 Å². The molecule has 3 rings (SSSR count). The number of rotatable bonds is 9. The number of benzene rings is 3. The van der Waals surface area contributed by atoms with Gasteiger partial charge >= 0.3 is 11.4 Å². The first kappa shape index (κ1) is 23.0. The van der Waals surface area contributed by atoms with E-state index in [1.807, 2.05) is 35.2 Å². The van der Waals surface area contributed by atoms with E-state index in [4.69, 9.17) is 5.26 Å². The van der Waals surface area contributed by atoms with Crippen LogP contribution in [-0.4, -0.2) is 16.4 Å². The highest BCUT2D eigenvalue weighted by molar-refractivity contribution is 5.62. The monoisotopic (exact) mass is 448 g/mol. The minimum atomic E-state index is -1.25. The number of anilines is 1. The molecule has 3 aromatic rings. The number of nitriles is 1. The summed E-state index contributed by atoms with van der Waals surface area (Å²) in [4.78, 5) is 22.1. The number of azo groups is 1. The van der Waals surface area contributed by atoms with E-state index in [1.165, 1.54) is 0 Å². The number of hydrogen-bond donors (Lipinski definition) is 0. The molecular weight excluding hydrogens is 431 g/mol. The maximum absolute atomic E-state index is 13.9. The van der Waals surface area contributed by atoms with Gasteiger partial charge in [0.15, 0.2) is 5.69 Å². The third-order valence-corrected chi connectivity index (χ3v) is 4.64. The molecule has 0 radical (unpaired) electrons. The van der Waals surface area contributed by atoms with Crippen molar-refractivity contribution in [3.8, 4) is 6.07 Å². The quantitative estimate of drug-likeness (QED) is 0.224. The molecule has 33 heavy (non-hydrogen) atoms. The van der Waals surface area contributed by atoms with Crippen LogP contribution in [0.3, 0.4) is 0 Å². The Bertz CT molecular complexity index is 1230. The van der Waals surface area contributed by atoms with Crippen LogP contribution in [0.2, 0.25) is 0 Å². The Labute approximate surface area is 187 Å². The summed E-state index contributed by atoms with van der Waals surface area (Å²) in [5.74, 6) is -1.25. The Morgan fingerprint density at radius 1 is 0.939 bits per heavy atom. The molecule has 0 saturated heterocycles. The van der Waals surface area contributed by atoms with E-state index in [2.05, 4.69) is 16.3 Å². The van der Waals surface area contributed by atoms with Gasteiger partial charge in [-0.15, -0.1) is 5.11 Å². The molecular formula is C22H17FN6O4. The van der Waals surface area contributed by atoms with E-state index < -0.39 is 32.7 Å². The molecule has 0 unspecified atom stereocenters. The molecule has 0 bridgehead atoms. The van der Waals surface area contributed by atoms with Gasteiger partial charge in [0.1, 0.15) is 0 Å². The van der Waals surface area contributed by atoms with Gasteiger partial charge < -0.3 is 4.90 Å². The first-order chi connectivity index (χ1) is 15.9. The summed E-state index contributed by atoms with van der Waals surface area (Å²) in [5.41, 5.74) is 0.0701. The summed E-state index contributed by atoms with van der Waals surface area (Å²) >= 11 is 0. The van der Waals surface area contributed by atoms with Crippen LogP contribution in [-0.2, 0) is 6.54 Å². The average Bonchev–Trinajstić information content (AvgIpc) is 2.81. The lowest BCUT2D eigenvalue weighted by Gasteiger charge is -2.24. The van der Waals surface area contributed by atoms with Gasteiger partial charge in [-0.1, -0.05) is 30.3 Å². The highest BCUT2D eigenvalue weighted by Gasteiger charge is 2.25. The van der Waals surface area contributed by atoms with E-state index >= 15 is 0 Å². The predicted molar refractivity (Wildman–Crippen MR) is 118 cm³/mol. The summed E-state index contributed by atoms with van der Waals surface area (Å²) in [5, 5.41) is 38.6. The van der Waals surface area contributed by atoms with Crippen LogP contribution in [0.15, 0.2) is 77.0 Å². The van der Waals surface area contributed by atoms with Gasteiger partial charge in [0.25, 0.3) is 0 Å². The molecule has 0 spiro atoms. The number of nitro benzene ring substituents is 2. The van der Waals surface area contributed by atoms with Crippen LogP contribution in [0.5, 0.6) is 0 Å². The van der Waals surface area contributed by atoms with Gasteiger partial charge in [-0.3, -0.25) is 20.2 Å². The largest absolute Gasteiger partial charge is 0.366 e. The van der Waals surface area contributed by atoms with Crippen LogP contribution < -0.4 is 4.90 Å². The molecule has 10 nitrogen and oxygen atoms in total. The Hall–Kier alpha value is -4.72. The van der Waals surface area contributed by atoms with Crippen molar-refractivity contribution in [2.45, 2.75) is 13.0 Å². The van der Waals surface area contributed by atoms with Gasteiger partial charge in [0, 0.05) is 24.8 Å². The topological polar surface area (TPSA) is 138 Å². The molecule has 3 aromatic carbocycles. The van der Waals surface area contributed by atoms with Crippen molar-refractivity contribution in [1.29, 1.82) is 5.26 Å². The van der Waals surface area contributed by atoms with Crippen LogP contribution >= 0.6 is 0 Å². The second-order valence-electron chi connectivity index (χ2n) is 6.84. The summed E-state index contributed by atoms with van der Waals surface area (Å²) in [6, 6.07) is 19.8. The number of nitro groups is 2. The van der Waals surface area contributed by atoms with Gasteiger partial charge in [0.05, 0.1) is 34.1 Å². The number of halogens is 1. The van der Waals surface area contributed by atoms with E-state index in [0.29, 0.717) is 37.3 Å². The van der Waals surface area contributed by atoms with Crippen molar-refractivity contribution in [1.82, 2.24) is 0 Å². The molecule has 0 aromatic heterocycles. The molecule has 0 aliphatic heterocycles. The Balaban J connectivity index is 1.83. The standard InChI is InChI=1S/C22H17FN6O4/c23-19-13-20(22(29(32)33)14-21(19)28(30)31)26-25-17-7-9-18(10-8-17)27(12-4-11-24)15-16-5-2-1-3-6-16/h1-3,5-10,13-14H,4,12,15H2. The zero-order chi connectivity index (χ0) is 23.8. The minimum Gasteiger partial charge on any atom is -0.366 e. The molecule has 0 amide bonds. The Kier molecular flexibility index (Phi) is 7.33. The number of hydrogen-bond acceptors (Lipinski definition) is 8. The van der Waals surface area contributed by atoms with Gasteiger partial charge in [-0.05, 0) is 29.8 Å². The maximum atomic E-state index is 13.9. The third-order valence-electron chi connectivity index (χ3n) is 4.64. The Morgan fingerprint density at radius 2 is 1.61 bits per heavy atom. The van der Waals surface area contributed by atoms with Gasteiger partial charge in [0.2, 0.25) is 5.82 Å². The first-order valence-electron chi connectivity index (χ1n) is 9.69. The SMILES string of the molecule is N#CCCN(Cc1ccccc1)c1ccc(N=Nc2cc(F)c([N+](=O)[O-])cc2[N+](=O)[O-])cc1. The first-order valence-corrected chi connectivity index (χ1v) is 9.69. The van der Waals surface area contributed by atoms with Crippen molar-refractivity contribution in [3.63, 3.8) is 0 Å². The van der Waals surface area contributed by atoms with E-state index in [0.717, 1.165) is 11.3 Å². The fourth-order valence-corrected chi connectivity index (χ4v) is 3.04. The molecule has 166 valence electrons. The molecule has 0 heterocycles. The fraction of sp³-hybridized carbons (Fsp3) is 0.136. The van der Waals surface area contributed by atoms with Crippen molar-refractivity contribution < 1.29 is 14.2 Å².